The summed E-state index contributed by atoms with van der Waals surface area (Å²) in [6.45, 7) is 6.58. The molecule has 0 aromatic heterocycles. The number of hydrogen-bond acceptors (Lipinski definition) is 2. The zero-order valence-corrected chi connectivity index (χ0v) is 11.4. The molecule has 1 aliphatic heterocycles. The summed E-state index contributed by atoms with van der Waals surface area (Å²) < 4.78 is 19.5. The molecule has 1 saturated heterocycles. The Bertz CT molecular complexity index is 280. The van der Waals surface area contributed by atoms with Crippen LogP contribution in [0.4, 0.5) is 9.18 Å². The van der Waals surface area contributed by atoms with Gasteiger partial charge in [0.05, 0.1) is 0 Å². The highest BCUT2D eigenvalue weighted by molar-refractivity contribution is 6.09. The van der Waals surface area contributed by atoms with Crippen LogP contribution in [0.15, 0.2) is 0 Å². The number of amides is 1. The van der Waals surface area contributed by atoms with Crippen molar-refractivity contribution in [3.63, 3.8) is 0 Å². The summed E-state index contributed by atoms with van der Waals surface area (Å²) in [5, 5.41) is 0. The average molecular weight is 243 g/mol. The first-order valence-electron chi connectivity index (χ1n) is 6.43. The number of alkyl halides is 1. The van der Waals surface area contributed by atoms with Gasteiger partial charge in [0.25, 0.3) is 0 Å². The van der Waals surface area contributed by atoms with Crippen molar-refractivity contribution in [2.75, 3.05) is 13.1 Å². The minimum atomic E-state index is -1.10. The van der Waals surface area contributed by atoms with E-state index < -0.39 is 11.3 Å². The largest absolute Gasteiger partial charge is 0.444 e. The van der Waals surface area contributed by atoms with Gasteiger partial charge in [-0.3, -0.25) is 0 Å². The first-order chi connectivity index (χ1) is 7.76. The number of rotatable bonds is 1. The summed E-state index contributed by atoms with van der Waals surface area (Å²) in [6, 6.07) is 0. The Balaban J connectivity index is 2.54. The van der Waals surface area contributed by atoms with Crippen LogP contribution in [-0.2, 0) is 4.74 Å². The maximum Gasteiger partial charge on any atom is 0.410 e. The minimum absolute atomic E-state index is 0.321. The van der Waals surface area contributed by atoms with Gasteiger partial charge in [-0.15, -0.1) is 0 Å². The Labute approximate surface area is 104 Å². The number of likely N-dealkylation sites (tertiary alicyclic amines) is 1. The molecule has 1 aliphatic rings. The summed E-state index contributed by atoms with van der Waals surface area (Å²) in [5.41, 5.74) is -1.59. The maximum atomic E-state index is 14.2. The molecule has 1 rings (SSSR count). The third kappa shape index (κ3) is 4.56. The Hall–Kier alpha value is -0.735. The standard InChI is InChI=1S/C12H23BFNO2/c1-11(2,3)17-10(16)15-7-4-5-12(14,9-13)6-8-15/h4-9,13H2,1-3H3. The van der Waals surface area contributed by atoms with Crippen LogP contribution in [0.2, 0.25) is 6.32 Å². The fourth-order valence-corrected chi connectivity index (χ4v) is 2.02. The van der Waals surface area contributed by atoms with Gasteiger partial charge in [-0.2, -0.15) is 0 Å². The van der Waals surface area contributed by atoms with E-state index in [1.54, 1.807) is 4.90 Å². The molecule has 1 heterocycles. The summed E-state index contributed by atoms with van der Waals surface area (Å²) in [6.07, 6.45) is 1.88. The van der Waals surface area contributed by atoms with E-state index in [0.29, 0.717) is 38.7 Å². The molecule has 0 saturated carbocycles. The van der Waals surface area contributed by atoms with E-state index in [4.69, 9.17) is 4.74 Å². The zero-order chi connectivity index (χ0) is 13.1. The highest BCUT2D eigenvalue weighted by Gasteiger charge is 2.32. The molecule has 5 heteroatoms. The Morgan fingerprint density at radius 3 is 2.59 bits per heavy atom. The molecule has 0 N–H and O–H groups in total. The van der Waals surface area contributed by atoms with Crippen LogP contribution in [0.3, 0.4) is 0 Å². The van der Waals surface area contributed by atoms with Gasteiger partial charge in [-0.05, 0) is 46.4 Å². The van der Waals surface area contributed by atoms with Gasteiger partial charge in [0.1, 0.15) is 19.1 Å². The lowest BCUT2D eigenvalue weighted by Gasteiger charge is -2.27. The van der Waals surface area contributed by atoms with Gasteiger partial charge >= 0.3 is 6.09 Å². The molecule has 1 amide bonds. The van der Waals surface area contributed by atoms with Crippen LogP contribution < -0.4 is 0 Å². The van der Waals surface area contributed by atoms with Crippen LogP contribution in [0.1, 0.15) is 40.0 Å². The quantitative estimate of drug-likeness (QED) is 0.660. The van der Waals surface area contributed by atoms with Crippen LogP contribution in [0.25, 0.3) is 0 Å². The molecule has 0 bridgehead atoms. The molecule has 1 atom stereocenters. The van der Waals surface area contributed by atoms with E-state index in [9.17, 15) is 9.18 Å². The Morgan fingerprint density at radius 2 is 2.06 bits per heavy atom. The Kier molecular flexibility index (Phi) is 4.45. The summed E-state index contributed by atoms with van der Waals surface area (Å²) >= 11 is 0. The number of ether oxygens (including phenoxy) is 1. The van der Waals surface area contributed by atoms with Gasteiger partial charge in [-0.25, -0.2) is 9.18 Å². The molecule has 0 radical (unpaired) electrons. The van der Waals surface area contributed by atoms with Crippen molar-refractivity contribution < 1.29 is 13.9 Å². The third-order valence-corrected chi connectivity index (χ3v) is 3.17. The van der Waals surface area contributed by atoms with Gasteiger partial charge in [-0.1, -0.05) is 0 Å². The van der Waals surface area contributed by atoms with Crippen molar-refractivity contribution in [3.05, 3.63) is 0 Å². The molecule has 0 aromatic carbocycles. The minimum Gasteiger partial charge on any atom is -0.444 e. The fraction of sp³-hybridized carbons (Fsp3) is 0.917. The first-order valence-corrected chi connectivity index (χ1v) is 6.43. The monoisotopic (exact) mass is 243 g/mol. The van der Waals surface area contributed by atoms with Crippen molar-refractivity contribution in [1.82, 2.24) is 4.90 Å². The van der Waals surface area contributed by atoms with E-state index >= 15 is 0 Å². The summed E-state index contributed by atoms with van der Waals surface area (Å²) in [5.74, 6) is 0. The normalized spacial score (nSPS) is 26.5. The molecule has 3 nitrogen and oxygen atoms in total. The van der Waals surface area contributed by atoms with Crippen molar-refractivity contribution in [3.8, 4) is 0 Å². The van der Waals surface area contributed by atoms with Crippen molar-refractivity contribution >= 4 is 13.9 Å². The molecule has 0 aromatic rings. The Morgan fingerprint density at radius 1 is 1.41 bits per heavy atom. The highest BCUT2D eigenvalue weighted by atomic mass is 19.1. The van der Waals surface area contributed by atoms with E-state index in [1.165, 1.54) is 0 Å². The van der Waals surface area contributed by atoms with Crippen LogP contribution in [0, 0.1) is 0 Å². The smallest absolute Gasteiger partial charge is 0.410 e. The molecule has 1 unspecified atom stereocenters. The second kappa shape index (κ2) is 5.28. The lowest BCUT2D eigenvalue weighted by atomic mass is 9.83. The van der Waals surface area contributed by atoms with Gasteiger partial charge in [0.2, 0.25) is 0 Å². The van der Waals surface area contributed by atoms with E-state index in [0.717, 1.165) is 0 Å². The fourth-order valence-electron chi connectivity index (χ4n) is 2.02. The van der Waals surface area contributed by atoms with E-state index in [1.807, 2.05) is 28.6 Å². The SMILES string of the molecule is BCC1(F)CCCN(C(=O)OC(C)(C)C)CC1. The molecule has 17 heavy (non-hydrogen) atoms. The van der Waals surface area contributed by atoms with Gasteiger partial charge in [0.15, 0.2) is 0 Å². The maximum absolute atomic E-state index is 14.2. The van der Waals surface area contributed by atoms with Gasteiger partial charge in [0, 0.05) is 13.1 Å². The molecular formula is C12H23BFNO2. The second-order valence-electron chi connectivity index (χ2n) is 5.83. The second-order valence-corrected chi connectivity index (χ2v) is 5.83. The van der Waals surface area contributed by atoms with E-state index in [2.05, 4.69) is 0 Å². The molecular weight excluding hydrogens is 220 g/mol. The van der Waals surface area contributed by atoms with Crippen LogP contribution >= 0.6 is 0 Å². The lowest BCUT2D eigenvalue weighted by Crippen LogP contribution is -2.38. The van der Waals surface area contributed by atoms with Crippen molar-refractivity contribution in [2.45, 2.75) is 57.6 Å². The number of halogens is 1. The molecule has 1 fully saturated rings. The summed E-state index contributed by atoms with van der Waals surface area (Å²) in [7, 11) is 1.86. The van der Waals surface area contributed by atoms with Crippen molar-refractivity contribution in [1.29, 1.82) is 0 Å². The number of carbonyl (C=O) groups is 1. The zero-order valence-electron chi connectivity index (χ0n) is 11.4. The average Bonchev–Trinajstić information content (AvgIpc) is 2.39. The number of hydrogen-bond donors (Lipinski definition) is 0. The topological polar surface area (TPSA) is 29.5 Å². The van der Waals surface area contributed by atoms with Gasteiger partial charge < -0.3 is 9.64 Å². The lowest BCUT2D eigenvalue weighted by molar-refractivity contribution is 0.0249. The molecule has 0 aliphatic carbocycles. The first kappa shape index (κ1) is 14.3. The van der Waals surface area contributed by atoms with Crippen LogP contribution in [0.5, 0.6) is 0 Å². The predicted molar refractivity (Wildman–Crippen MR) is 68.8 cm³/mol. The highest BCUT2D eigenvalue weighted by Crippen LogP contribution is 2.29. The van der Waals surface area contributed by atoms with E-state index in [-0.39, 0.29) is 6.09 Å². The molecule has 98 valence electrons. The van der Waals surface area contributed by atoms with Crippen LogP contribution in [-0.4, -0.2) is 43.2 Å². The third-order valence-electron chi connectivity index (χ3n) is 3.17. The number of nitrogens with zero attached hydrogens (tertiary/aromatic N) is 1. The van der Waals surface area contributed by atoms with Crippen molar-refractivity contribution in [2.24, 2.45) is 0 Å². The summed E-state index contributed by atoms with van der Waals surface area (Å²) in [4.78, 5) is 13.5. The predicted octanol–water partition coefficient (Wildman–Crippen LogP) is 2.17. The number of carbonyl (C=O) groups excluding carboxylic acids is 1. The molecule has 0 spiro atoms.